The Kier molecular flexibility index (Phi) is 5.94. The Morgan fingerprint density at radius 1 is 1.28 bits per heavy atom. The van der Waals surface area contributed by atoms with Crippen molar-refractivity contribution in [2.45, 2.75) is 13.3 Å². The molecule has 0 amide bonds. The highest BCUT2D eigenvalue weighted by Gasteiger charge is 2.01. The van der Waals surface area contributed by atoms with E-state index in [0.29, 0.717) is 17.9 Å². The molecule has 4 nitrogen and oxygen atoms in total. The Morgan fingerprint density at radius 2 is 1.94 bits per heavy atom. The molecule has 0 saturated carbocycles. The molecule has 0 radical (unpaired) electrons. The van der Waals surface area contributed by atoms with Crippen molar-refractivity contribution < 1.29 is 19.1 Å². The third kappa shape index (κ3) is 5.01. The van der Waals surface area contributed by atoms with Crippen LogP contribution < -0.4 is 4.74 Å². The standard InChI is InChI=1S/C13H13ClO4/c1-2-8-18-12(15)7-9-17-11-5-3-10(4-6-11)13(14)16/h3-7,9H,2,8H2,1H3. The summed E-state index contributed by atoms with van der Waals surface area (Å²) >= 11 is 5.30. The maximum atomic E-state index is 11.1. The van der Waals surface area contributed by atoms with Crippen LogP contribution >= 0.6 is 11.6 Å². The van der Waals surface area contributed by atoms with Gasteiger partial charge in [0.15, 0.2) is 0 Å². The quantitative estimate of drug-likeness (QED) is 0.344. The number of benzene rings is 1. The summed E-state index contributed by atoms with van der Waals surface area (Å²) < 4.78 is 9.97. The predicted octanol–water partition coefficient (Wildman–Crippen LogP) is 2.91. The summed E-state index contributed by atoms with van der Waals surface area (Å²) in [6.45, 7) is 2.29. The van der Waals surface area contributed by atoms with E-state index >= 15 is 0 Å². The summed E-state index contributed by atoms with van der Waals surface area (Å²) in [4.78, 5) is 21.9. The van der Waals surface area contributed by atoms with Crippen LogP contribution in [0.2, 0.25) is 0 Å². The lowest BCUT2D eigenvalue weighted by Crippen LogP contribution is -2.01. The SMILES string of the molecule is CCCOC(=O)C=COc1ccc(C(=O)Cl)cc1. The van der Waals surface area contributed by atoms with Gasteiger partial charge in [-0.1, -0.05) is 6.92 Å². The zero-order valence-electron chi connectivity index (χ0n) is 9.89. The Morgan fingerprint density at radius 3 is 2.50 bits per heavy atom. The minimum atomic E-state index is -0.528. The molecule has 0 aliphatic carbocycles. The lowest BCUT2D eigenvalue weighted by molar-refractivity contribution is -0.137. The highest BCUT2D eigenvalue weighted by molar-refractivity contribution is 6.67. The van der Waals surface area contributed by atoms with Gasteiger partial charge in [-0.15, -0.1) is 0 Å². The fraction of sp³-hybridized carbons (Fsp3) is 0.231. The van der Waals surface area contributed by atoms with Crippen molar-refractivity contribution in [3.8, 4) is 5.75 Å². The highest BCUT2D eigenvalue weighted by Crippen LogP contribution is 2.13. The van der Waals surface area contributed by atoms with Crippen LogP contribution in [0.25, 0.3) is 0 Å². The molecule has 0 aliphatic heterocycles. The van der Waals surface area contributed by atoms with Crippen LogP contribution in [0.1, 0.15) is 23.7 Å². The van der Waals surface area contributed by atoms with Crippen molar-refractivity contribution in [2.75, 3.05) is 6.61 Å². The van der Waals surface area contributed by atoms with Gasteiger partial charge in [0, 0.05) is 5.56 Å². The highest BCUT2D eigenvalue weighted by atomic mass is 35.5. The lowest BCUT2D eigenvalue weighted by atomic mass is 10.2. The maximum absolute atomic E-state index is 11.1. The van der Waals surface area contributed by atoms with Crippen LogP contribution in [-0.4, -0.2) is 17.8 Å². The van der Waals surface area contributed by atoms with Crippen LogP contribution in [0.15, 0.2) is 36.6 Å². The van der Waals surface area contributed by atoms with Crippen molar-refractivity contribution in [3.63, 3.8) is 0 Å². The molecule has 0 unspecified atom stereocenters. The van der Waals surface area contributed by atoms with Gasteiger partial charge in [-0.2, -0.15) is 0 Å². The molecular weight excluding hydrogens is 256 g/mol. The Hall–Kier alpha value is -1.81. The Labute approximate surface area is 110 Å². The molecule has 0 atom stereocenters. The molecule has 96 valence electrons. The van der Waals surface area contributed by atoms with E-state index in [1.807, 2.05) is 6.92 Å². The molecule has 1 aromatic rings. The second kappa shape index (κ2) is 7.50. The van der Waals surface area contributed by atoms with Crippen LogP contribution in [-0.2, 0) is 9.53 Å². The van der Waals surface area contributed by atoms with E-state index in [1.165, 1.54) is 24.5 Å². The third-order valence-electron chi connectivity index (χ3n) is 1.94. The van der Waals surface area contributed by atoms with E-state index < -0.39 is 11.2 Å². The van der Waals surface area contributed by atoms with Crippen LogP contribution in [0.5, 0.6) is 5.75 Å². The molecule has 0 bridgehead atoms. The number of carbonyl (C=O) groups excluding carboxylic acids is 2. The number of carbonyl (C=O) groups is 2. The molecule has 18 heavy (non-hydrogen) atoms. The zero-order chi connectivity index (χ0) is 13.4. The molecule has 5 heteroatoms. The van der Waals surface area contributed by atoms with E-state index in [0.717, 1.165) is 6.42 Å². The average molecular weight is 269 g/mol. The maximum Gasteiger partial charge on any atom is 0.333 e. The summed E-state index contributed by atoms with van der Waals surface area (Å²) in [6, 6.07) is 6.23. The Balaban J connectivity index is 2.46. The first-order chi connectivity index (χ1) is 8.63. The van der Waals surface area contributed by atoms with Gasteiger partial charge in [0.1, 0.15) is 5.75 Å². The molecule has 0 saturated heterocycles. The first-order valence-corrected chi connectivity index (χ1v) is 5.81. The molecule has 1 aromatic carbocycles. The van der Waals surface area contributed by atoms with Crippen molar-refractivity contribution in [1.29, 1.82) is 0 Å². The number of hydrogen-bond donors (Lipinski definition) is 0. The minimum absolute atomic E-state index is 0.385. The predicted molar refractivity (Wildman–Crippen MR) is 67.6 cm³/mol. The smallest absolute Gasteiger partial charge is 0.333 e. The zero-order valence-corrected chi connectivity index (χ0v) is 10.6. The molecular formula is C13H13ClO4. The third-order valence-corrected chi connectivity index (χ3v) is 2.16. The van der Waals surface area contributed by atoms with Gasteiger partial charge in [0.05, 0.1) is 18.9 Å². The number of halogens is 1. The normalized spacial score (nSPS) is 10.3. The summed E-state index contributed by atoms with van der Waals surface area (Å²) in [5, 5.41) is -0.528. The molecule has 0 aliphatic rings. The monoisotopic (exact) mass is 268 g/mol. The molecule has 0 N–H and O–H groups in total. The average Bonchev–Trinajstić information content (AvgIpc) is 2.37. The topological polar surface area (TPSA) is 52.6 Å². The fourth-order valence-corrected chi connectivity index (χ4v) is 1.21. The van der Waals surface area contributed by atoms with Crippen LogP contribution in [0.4, 0.5) is 0 Å². The Bertz CT molecular complexity index is 437. The van der Waals surface area contributed by atoms with E-state index in [2.05, 4.69) is 0 Å². The van der Waals surface area contributed by atoms with Gasteiger partial charge < -0.3 is 9.47 Å². The van der Waals surface area contributed by atoms with Crippen LogP contribution in [0.3, 0.4) is 0 Å². The number of esters is 1. The largest absolute Gasteiger partial charge is 0.465 e. The summed E-state index contributed by atoms with van der Waals surface area (Å²) in [6.07, 6.45) is 3.19. The summed E-state index contributed by atoms with van der Waals surface area (Å²) in [5.41, 5.74) is 0.385. The van der Waals surface area contributed by atoms with Crippen molar-refractivity contribution in [3.05, 3.63) is 42.2 Å². The van der Waals surface area contributed by atoms with E-state index in [1.54, 1.807) is 12.1 Å². The number of ether oxygens (including phenoxy) is 2. The van der Waals surface area contributed by atoms with Crippen molar-refractivity contribution >= 4 is 22.8 Å². The van der Waals surface area contributed by atoms with Gasteiger partial charge in [-0.3, -0.25) is 4.79 Å². The van der Waals surface area contributed by atoms with Gasteiger partial charge in [0.2, 0.25) is 0 Å². The molecule has 1 rings (SSSR count). The van der Waals surface area contributed by atoms with Crippen molar-refractivity contribution in [2.24, 2.45) is 0 Å². The fourth-order valence-electron chi connectivity index (χ4n) is 1.08. The second-order valence-corrected chi connectivity index (χ2v) is 3.73. The van der Waals surface area contributed by atoms with E-state index in [-0.39, 0.29) is 0 Å². The van der Waals surface area contributed by atoms with Gasteiger partial charge in [-0.05, 0) is 42.3 Å². The van der Waals surface area contributed by atoms with E-state index in [4.69, 9.17) is 21.1 Å². The molecule has 0 heterocycles. The summed E-state index contributed by atoms with van der Waals surface area (Å²) in [7, 11) is 0. The minimum Gasteiger partial charge on any atom is -0.465 e. The molecule has 0 aromatic heterocycles. The van der Waals surface area contributed by atoms with Crippen molar-refractivity contribution in [1.82, 2.24) is 0 Å². The van der Waals surface area contributed by atoms with Crippen LogP contribution in [0, 0.1) is 0 Å². The van der Waals surface area contributed by atoms with Gasteiger partial charge in [-0.25, -0.2) is 4.79 Å². The molecule has 0 fully saturated rings. The summed E-state index contributed by atoms with van der Waals surface area (Å²) in [5.74, 6) is 0.0422. The number of hydrogen-bond acceptors (Lipinski definition) is 4. The first-order valence-electron chi connectivity index (χ1n) is 5.43. The number of rotatable bonds is 6. The first kappa shape index (κ1) is 14.3. The van der Waals surface area contributed by atoms with E-state index in [9.17, 15) is 9.59 Å². The lowest BCUT2D eigenvalue weighted by Gasteiger charge is -2.01. The molecule has 0 spiro atoms. The second-order valence-electron chi connectivity index (χ2n) is 3.39. The van der Waals surface area contributed by atoms with Gasteiger partial charge in [0.25, 0.3) is 5.24 Å². The van der Waals surface area contributed by atoms with Gasteiger partial charge >= 0.3 is 5.97 Å².